The second-order valence-electron chi connectivity index (χ2n) is 5.71. The smallest absolute Gasteiger partial charge is 0.226 e. The molecule has 2 heterocycles. The van der Waals surface area contributed by atoms with Crippen molar-refractivity contribution in [2.75, 3.05) is 31.1 Å². The van der Waals surface area contributed by atoms with Crippen LogP contribution in [0.4, 0.5) is 5.95 Å². The summed E-state index contributed by atoms with van der Waals surface area (Å²) in [5.74, 6) is 6.17. The van der Waals surface area contributed by atoms with Crippen LogP contribution in [0.5, 0.6) is 0 Å². The fourth-order valence-electron chi connectivity index (χ4n) is 2.83. The van der Waals surface area contributed by atoms with Gasteiger partial charge in [0.25, 0.3) is 0 Å². The van der Waals surface area contributed by atoms with Crippen LogP contribution in [0.2, 0.25) is 0 Å². The molecule has 0 aromatic carbocycles. The van der Waals surface area contributed by atoms with Gasteiger partial charge in [0.1, 0.15) is 0 Å². The molecule has 0 radical (unpaired) electrons. The molecule has 0 bridgehead atoms. The van der Waals surface area contributed by atoms with E-state index in [9.17, 15) is 0 Å². The van der Waals surface area contributed by atoms with E-state index in [0.29, 0.717) is 5.11 Å². The van der Waals surface area contributed by atoms with E-state index in [1.54, 1.807) is 0 Å². The van der Waals surface area contributed by atoms with E-state index in [-0.39, 0.29) is 0 Å². The first-order chi connectivity index (χ1) is 11.2. The number of fused-ring (bicyclic) bond motifs is 1. The molecular weight excluding hydrogens is 308 g/mol. The maximum Gasteiger partial charge on any atom is 0.226 e. The summed E-state index contributed by atoms with van der Waals surface area (Å²) in [6.45, 7) is 5.51. The van der Waals surface area contributed by atoms with Gasteiger partial charge in [0.2, 0.25) is 5.95 Å². The second kappa shape index (κ2) is 7.06. The minimum atomic E-state index is 0.591. The van der Waals surface area contributed by atoms with Crippen molar-refractivity contribution in [1.82, 2.24) is 20.3 Å². The van der Waals surface area contributed by atoms with E-state index < -0.39 is 0 Å². The van der Waals surface area contributed by atoms with Crippen LogP contribution in [0.15, 0.2) is 24.3 Å². The molecule has 3 rings (SSSR count). The van der Waals surface area contributed by atoms with Crippen molar-refractivity contribution in [1.29, 1.82) is 0 Å². The number of nitrogens with one attached hydrogen (secondary N) is 1. The molecule has 3 N–H and O–H groups in total. The Kier molecular flexibility index (Phi) is 4.88. The molecule has 122 valence electrons. The Morgan fingerprint density at radius 1 is 1.13 bits per heavy atom. The van der Waals surface area contributed by atoms with Gasteiger partial charge in [-0.2, -0.15) is 0 Å². The van der Waals surface area contributed by atoms with Crippen molar-refractivity contribution in [3.05, 3.63) is 29.8 Å². The minimum Gasteiger partial charge on any atom is -0.345 e. The number of aromatic nitrogens is 2. The molecule has 0 atom stereocenters. The molecule has 0 aromatic rings. The maximum absolute atomic E-state index is 5.37. The fraction of sp³-hybridized carbons (Fsp3) is 0.438. The minimum absolute atomic E-state index is 0.591. The summed E-state index contributed by atoms with van der Waals surface area (Å²) in [5.41, 5.74) is 5.76. The highest BCUT2D eigenvalue weighted by atomic mass is 32.1. The molecule has 1 fully saturated rings. The quantitative estimate of drug-likeness (QED) is 0.501. The number of aryl methyl sites for hydroxylation is 1. The fourth-order valence-corrected chi connectivity index (χ4v) is 3.01. The number of thiocarbonyl (C=S) groups is 1. The van der Waals surface area contributed by atoms with E-state index in [1.165, 1.54) is 5.56 Å². The first-order valence-electron chi connectivity index (χ1n) is 7.98. The van der Waals surface area contributed by atoms with Crippen LogP contribution in [0.3, 0.4) is 0 Å². The van der Waals surface area contributed by atoms with Crippen molar-refractivity contribution in [2.45, 2.75) is 19.8 Å². The summed E-state index contributed by atoms with van der Waals surface area (Å²) in [5, 5.41) is 0.591. The van der Waals surface area contributed by atoms with Gasteiger partial charge in [0.15, 0.2) is 5.11 Å². The van der Waals surface area contributed by atoms with Crippen LogP contribution in [0.1, 0.15) is 18.9 Å². The molecule has 0 spiro atoms. The number of hydrogen-bond donors (Lipinski definition) is 2. The predicted octanol–water partition coefficient (Wildman–Crippen LogP) is 1.40. The Morgan fingerprint density at radius 2 is 1.74 bits per heavy atom. The molecule has 0 aromatic heterocycles. The molecule has 7 heteroatoms. The monoisotopic (exact) mass is 330 g/mol. The van der Waals surface area contributed by atoms with Crippen molar-refractivity contribution in [3.63, 3.8) is 0 Å². The van der Waals surface area contributed by atoms with Gasteiger partial charge in [-0.1, -0.05) is 25.5 Å². The Labute approximate surface area is 142 Å². The average molecular weight is 330 g/mol. The number of nitrogens with two attached hydrogens (primary N) is 1. The second-order valence-corrected chi connectivity index (χ2v) is 6.10. The number of hydrazine groups is 1. The van der Waals surface area contributed by atoms with Gasteiger partial charge in [-0.05, 0) is 36.3 Å². The zero-order chi connectivity index (χ0) is 16.2. The van der Waals surface area contributed by atoms with E-state index in [0.717, 1.165) is 56.4 Å². The molecular formula is C16H22N6S. The van der Waals surface area contributed by atoms with Crippen molar-refractivity contribution >= 4 is 23.3 Å². The summed E-state index contributed by atoms with van der Waals surface area (Å²) in [4.78, 5) is 13.6. The van der Waals surface area contributed by atoms with Crippen molar-refractivity contribution in [2.24, 2.45) is 5.84 Å². The number of hydrogen-bond acceptors (Lipinski definition) is 5. The van der Waals surface area contributed by atoms with Crippen LogP contribution in [-0.2, 0) is 6.42 Å². The molecule has 6 nitrogen and oxygen atoms in total. The Morgan fingerprint density at radius 3 is 2.26 bits per heavy atom. The van der Waals surface area contributed by atoms with Gasteiger partial charge < -0.3 is 15.2 Å². The maximum atomic E-state index is 5.37. The van der Waals surface area contributed by atoms with E-state index in [1.807, 2.05) is 0 Å². The lowest BCUT2D eigenvalue weighted by Gasteiger charge is -2.35. The van der Waals surface area contributed by atoms with Gasteiger partial charge in [0.05, 0.1) is 11.4 Å². The zero-order valence-electron chi connectivity index (χ0n) is 13.3. The molecule has 0 amide bonds. The molecule has 0 saturated carbocycles. The summed E-state index contributed by atoms with van der Waals surface area (Å²) in [7, 11) is 0. The van der Waals surface area contributed by atoms with Crippen LogP contribution in [0, 0.1) is 0 Å². The third-order valence-corrected chi connectivity index (χ3v) is 4.50. The van der Waals surface area contributed by atoms with Crippen LogP contribution in [-0.4, -0.2) is 46.2 Å². The molecule has 3 aliphatic rings. The number of anilines is 1. The number of imidazole rings is 1. The SMILES string of the molecule is CCCc1ccc2nc(N3CCN(C(=S)NN)CC3)nc-2cc1. The van der Waals surface area contributed by atoms with Gasteiger partial charge in [-0.3, -0.25) is 0 Å². The molecule has 2 aliphatic heterocycles. The largest absolute Gasteiger partial charge is 0.345 e. The summed E-state index contributed by atoms with van der Waals surface area (Å²) >= 11 is 5.17. The van der Waals surface area contributed by atoms with E-state index in [2.05, 4.69) is 46.4 Å². The summed E-state index contributed by atoms with van der Waals surface area (Å²) in [6.07, 6.45) is 2.23. The lowest BCUT2D eigenvalue weighted by Crippen LogP contribution is -2.53. The molecule has 0 unspecified atom stereocenters. The highest BCUT2D eigenvalue weighted by molar-refractivity contribution is 7.80. The first-order valence-corrected chi connectivity index (χ1v) is 8.39. The summed E-state index contributed by atoms with van der Waals surface area (Å²) in [6, 6.07) is 8.43. The van der Waals surface area contributed by atoms with Gasteiger partial charge >= 0.3 is 0 Å². The van der Waals surface area contributed by atoms with Gasteiger partial charge in [-0.15, -0.1) is 0 Å². The normalized spacial score (nSPS) is 15.0. The predicted molar refractivity (Wildman–Crippen MR) is 96.4 cm³/mol. The third-order valence-electron chi connectivity index (χ3n) is 4.13. The van der Waals surface area contributed by atoms with Crippen LogP contribution in [0.25, 0.3) is 11.4 Å². The van der Waals surface area contributed by atoms with Crippen molar-refractivity contribution < 1.29 is 0 Å². The highest BCUT2D eigenvalue weighted by Gasteiger charge is 2.22. The van der Waals surface area contributed by atoms with Crippen LogP contribution >= 0.6 is 12.2 Å². The van der Waals surface area contributed by atoms with Crippen LogP contribution < -0.4 is 16.2 Å². The Balaban J connectivity index is 1.73. The Bertz CT molecular complexity index is 619. The lowest BCUT2D eigenvalue weighted by molar-refractivity contribution is 0.379. The van der Waals surface area contributed by atoms with Gasteiger partial charge in [-0.25, -0.2) is 15.8 Å². The topological polar surface area (TPSA) is 70.3 Å². The molecule has 1 saturated heterocycles. The number of piperazine rings is 1. The van der Waals surface area contributed by atoms with Crippen molar-refractivity contribution in [3.8, 4) is 11.4 Å². The molecule has 23 heavy (non-hydrogen) atoms. The average Bonchev–Trinajstić information content (AvgIpc) is 2.91. The standard InChI is InChI=1S/C16H22N6S/c1-2-3-12-4-6-13-14(7-5-12)19-15(18-13)21-8-10-22(11-9-21)16(23)20-17/h4-7H,2-3,8-11,17H2,1H3,(H,20,23). The third kappa shape index (κ3) is 3.51. The summed E-state index contributed by atoms with van der Waals surface area (Å²) < 4.78 is 0. The zero-order valence-corrected chi connectivity index (χ0v) is 14.1. The first kappa shape index (κ1) is 15.9. The number of nitrogens with zero attached hydrogens (tertiary/aromatic N) is 4. The van der Waals surface area contributed by atoms with Gasteiger partial charge in [0, 0.05) is 26.2 Å². The number of rotatable bonds is 3. The lowest BCUT2D eigenvalue weighted by atomic mass is 10.2. The van der Waals surface area contributed by atoms with E-state index in [4.69, 9.17) is 28.0 Å². The highest BCUT2D eigenvalue weighted by Crippen LogP contribution is 2.23. The van der Waals surface area contributed by atoms with E-state index >= 15 is 0 Å². The molecule has 1 aliphatic carbocycles. The Hall–Kier alpha value is -1.99.